The van der Waals surface area contributed by atoms with E-state index in [0.717, 1.165) is 0 Å². The molecule has 4 nitrogen and oxygen atoms in total. The second kappa shape index (κ2) is 4.00. The van der Waals surface area contributed by atoms with Crippen molar-refractivity contribution in [2.45, 2.75) is 25.8 Å². The van der Waals surface area contributed by atoms with Gasteiger partial charge in [-0.1, -0.05) is 0 Å². The summed E-state index contributed by atoms with van der Waals surface area (Å²) < 4.78 is 0. The zero-order chi connectivity index (χ0) is 8.15. The van der Waals surface area contributed by atoms with Gasteiger partial charge in [0, 0.05) is 6.42 Å². The van der Waals surface area contributed by atoms with Crippen molar-refractivity contribution in [2.24, 2.45) is 5.73 Å². The molecule has 0 aromatic carbocycles. The number of hydrogen-bond acceptors (Lipinski definition) is 3. The lowest BCUT2D eigenvalue weighted by Crippen LogP contribution is -2.26. The van der Waals surface area contributed by atoms with E-state index in [2.05, 4.69) is 0 Å². The van der Waals surface area contributed by atoms with Crippen LogP contribution in [-0.4, -0.2) is 22.9 Å². The summed E-state index contributed by atoms with van der Waals surface area (Å²) >= 11 is 0. The van der Waals surface area contributed by atoms with Gasteiger partial charge in [-0.3, -0.25) is 9.59 Å². The van der Waals surface area contributed by atoms with Gasteiger partial charge in [0.05, 0.1) is 12.5 Å². The predicted molar refractivity (Wildman–Crippen MR) is 35.5 cm³/mol. The lowest BCUT2D eigenvalue weighted by Gasteiger charge is -2.00. The Balaban J connectivity index is 3.50. The Morgan fingerprint density at radius 3 is 2.30 bits per heavy atom. The van der Waals surface area contributed by atoms with Crippen molar-refractivity contribution in [1.82, 2.24) is 0 Å². The van der Waals surface area contributed by atoms with Crippen LogP contribution in [0.15, 0.2) is 0 Å². The molecule has 10 heavy (non-hydrogen) atoms. The van der Waals surface area contributed by atoms with Crippen molar-refractivity contribution in [3.63, 3.8) is 0 Å². The van der Waals surface area contributed by atoms with Crippen LogP contribution in [-0.2, 0) is 9.59 Å². The summed E-state index contributed by atoms with van der Waals surface area (Å²) in [4.78, 5) is 20.6. The Kier molecular flexibility index (Phi) is 3.64. The molecule has 0 bridgehead atoms. The van der Waals surface area contributed by atoms with Crippen molar-refractivity contribution >= 4 is 11.8 Å². The maximum Gasteiger partial charge on any atom is 0.303 e. The lowest BCUT2D eigenvalue weighted by molar-refractivity contribution is -0.138. The first-order chi connectivity index (χ1) is 4.54. The van der Waals surface area contributed by atoms with Crippen LogP contribution in [0.3, 0.4) is 0 Å². The SMILES string of the molecule is C[C@H](N)C(=O)CCC(=O)O. The van der Waals surface area contributed by atoms with Crippen molar-refractivity contribution < 1.29 is 14.7 Å². The predicted octanol–water partition coefficient (Wildman–Crippen LogP) is -0.233. The third kappa shape index (κ3) is 4.03. The number of Topliss-reactive ketones (excluding diaryl/α,β-unsaturated/α-hetero) is 1. The van der Waals surface area contributed by atoms with Gasteiger partial charge in [0.25, 0.3) is 0 Å². The maximum absolute atomic E-state index is 10.7. The summed E-state index contributed by atoms with van der Waals surface area (Å²) in [5.74, 6) is -1.17. The molecule has 0 aliphatic rings. The summed E-state index contributed by atoms with van der Waals surface area (Å²) in [6.07, 6.45) is -0.0899. The highest BCUT2D eigenvalue weighted by Gasteiger charge is 2.08. The molecule has 0 saturated heterocycles. The molecule has 3 N–H and O–H groups in total. The second-order valence-corrected chi connectivity index (χ2v) is 2.15. The van der Waals surface area contributed by atoms with Gasteiger partial charge in [0.1, 0.15) is 5.78 Å². The monoisotopic (exact) mass is 145 g/mol. The molecule has 0 aromatic heterocycles. The lowest BCUT2D eigenvalue weighted by atomic mass is 10.1. The van der Waals surface area contributed by atoms with Gasteiger partial charge in [0.2, 0.25) is 0 Å². The number of hydrogen-bond donors (Lipinski definition) is 2. The summed E-state index contributed by atoms with van der Waals surface area (Å²) in [7, 11) is 0. The van der Waals surface area contributed by atoms with Gasteiger partial charge in [-0.15, -0.1) is 0 Å². The smallest absolute Gasteiger partial charge is 0.303 e. The van der Waals surface area contributed by atoms with Gasteiger partial charge >= 0.3 is 5.97 Å². The fraction of sp³-hybridized carbons (Fsp3) is 0.667. The van der Waals surface area contributed by atoms with Gasteiger partial charge in [-0.2, -0.15) is 0 Å². The first-order valence-electron chi connectivity index (χ1n) is 3.04. The zero-order valence-electron chi connectivity index (χ0n) is 5.83. The van der Waals surface area contributed by atoms with Crippen LogP contribution in [0.2, 0.25) is 0 Å². The van der Waals surface area contributed by atoms with Gasteiger partial charge in [-0.05, 0) is 6.92 Å². The molecule has 0 rings (SSSR count). The number of carboxylic acids is 1. The van der Waals surface area contributed by atoms with Crippen LogP contribution in [0, 0.1) is 0 Å². The topological polar surface area (TPSA) is 80.4 Å². The molecule has 0 aliphatic heterocycles. The second-order valence-electron chi connectivity index (χ2n) is 2.15. The van der Waals surface area contributed by atoms with E-state index in [9.17, 15) is 9.59 Å². The van der Waals surface area contributed by atoms with E-state index in [-0.39, 0.29) is 18.6 Å². The van der Waals surface area contributed by atoms with Crippen LogP contribution in [0.5, 0.6) is 0 Å². The Labute approximate surface area is 59.0 Å². The molecule has 1 atom stereocenters. The summed E-state index contributed by atoms with van der Waals surface area (Å²) in [5, 5.41) is 8.15. The van der Waals surface area contributed by atoms with Crippen molar-refractivity contribution in [3.05, 3.63) is 0 Å². The summed E-state index contributed by atoms with van der Waals surface area (Å²) in [6.45, 7) is 1.55. The number of ketones is 1. The van der Waals surface area contributed by atoms with Gasteiger partial charge in [-0.25, -0.2) is 0 Å². The fourth-order valence-electron chi connectivity index (χ4n) is 0.458. The highest BCUT2D eigenvalue weighted by atomic mass is 16.4. The zero-order valence-corrected chi connectivity index (χ0v) is 5.83. The minimum absolute atomic E-state index is 0.0347. The maximum atomic E-state index is 10.7. The Morgan fingerprint density at radius 2 is 2.00 bits per heavy atom. The largest absolute Gasteiger partial charge is 0.481 e. The molecule has 0 aromatic rings. The number of aliphatic carboxylic acids is 1. The van der Waals surface area contributed by atoms with E-state index in [4.69, 9.17) is 10.8 Å². The first-order valence-corrected chi connectivity index (χ1v) is 3.04. The van der Waals surface area contributed by atoms with E-state index in [1.165, 1.54) is 0 Å². The number of nitrogens with two attached hydrogens (primary N) is 1. The highest BCUT2D eigenvalue weighted by molar-refractivity contribution is 5.86. The van der Waals surface area contributed by atoms with E-state index < -0.39 is 12.0 Å². The molecular weight excluding hydrogens is 134 g/mol. The van der Waals surface area contributed by atoms with Crippen LogP contribution in [0.4, 0.5) is 0 Å². The normalized spacial score (nSPS) is 12.6. The van der Waals surface area contributed by atoms with Gasteiger partial charge < -0.3 is 10.8 Å². The fourth-order valence-corrected chi connectivity index (χ4v) is 0.458. The Morgan fingerprint density at radius 1 is 1.50 bits per heavy atom. The third-order valence-corrected chi connectivity index (χ3v) is 1.09. The van der Waals surface area contributed by atoms with Crippen molar-refractivity contribution in [1.29, 1.82) is 0 Å². The van der Waals surface area contributed by atoms with Crippen LogP contribution in [0.25, 0.3) is 0 Å². The molecule has 4 heteroatoms. The van der Waals surface area contributed by atoms with E-state index in [1.54, 1.807) is 6.92 Å². The number of carboxylic acid groups (broad SMARTS) is 1. The molecule has 58 valence electrons. The summed E-state index contributed by atoms with van der Waals surface area (Å²) in [6, 6.07) is -0.542. The molecule has 0 aliphatic carbocycles. The average Bonchev–Trinajstić information content (AvgIpc) is 1.82. The van der Waals surface area contributed by atoms with Crippen LogP contribution < -0.4 is 5.73 Å². The standard InChI is InChI=1S/C6H11NO3/c1-4(7)5(8)2-3-6(9)10/h4H,2-3,7H2,1H3,(H,9,10)/t4-/m0/s1. The first kappa shape index (κ1) is 9.10. The molecule has 0 heterocycles. The number of carbonyl (C=O) groups excluding carboxylic acids is 1. The highest BCUT2D eigenvalue weighted by Crippen LogP contribution is 1.93. The van der Waals surface area contributed by atoms with Gasteiger partial charge in [0.15, 0.2) is 0 Å². The van der Waals surface area contributed by atoms with E-state index in [1.807, 2.05) is 0 Å². The van der Waals surface area contributed by atoms with Crippen LogP contribution >= 0.6 is 0 Å². The number of carbonyl (C=O) groups is 2. The minimum Gasteiger partial charge on any atom is -0.481 e. The molecule has 0 amide bonds. The molecular formula is C6H11NO3. The summed E-state index contributed by atoms with van der Waals surface area (Å²) in [5.41, 5.74) is 5.18. The molecule has 0 fully saturated rings. The minimum atomic E-state index is -0.964. The average molecular weight is 145 g/mol. The van der Waals surface area contributed by atoms with Crippen LogP contribution in [0.1, 0.15) is 19.8 Å². The molecule has 0 spiro atoms. The molecule has 0 radical (unpaired) electrons. The Bertz CT molecular complexity index is 142. The molecule has 0 unspecified atom stereocenters. The number of rotatable bonds is 4. The van der Waals surface area contributed by atoms with E-state index >= 15 is 0 Å². The van der Waals surface area contributed by atoms with Crippen molar-refractivity contribution in [2.75, 3.05) is 0 Å². The molecule has 0 saturated carbocycles. The Hall–Kier alpha value is -0.900. The van der Waals surface area contributed by atoms with Crippen molar-refractivity contribution in [3.8, 4) is 0 Å². The third-order valence-electron chi connectivity index (χ3n) is 1.09. The van der Waals surface area contributed by atoms with E-state index in [0.29, 0.717) is 0 Å². The quantitative estimate of drug-likeness (QED) is 0.572.